The van der Waals surface area contributed by atoms with Crippen LogP contribution in [-0.4, -0.2) is 47.2 Å². The van der Waals surface area contributed by atoms with Crippen molar-refractivity contribution in [3.8, 4) is 17.2 Å². The summed E-state index contributed by atoms with van der Waals surface area (Å²) < 4.78 is 45.2. The van der Waals surface area contributed by atoms with Crippen LogP contribution in [-0.2, 0) is 14.8 Å². The molecule has 1 heterocycles. The molecule has 36 heavy (non-hydrogen) atoms. The average Bonchev–Trinajstić information content (AvgIpc) is 2.87. The number of aryl methyl sites for hydroxylation is 3. The first-order valence-corrected chi connectivity index (χ1v) is 13.0. The first-order chi connectivity index (χ1) is 17.2. The van der Waals surface area contributed by atoms with Crippen molar-refractivity contribution in [2.45, 2.75) is 31.8 Å². The van der Waals surface area contributed by atoms with E-state index in [1.807, 2.05) is 45.0 Å². The van der Waals surface area contributed by atoms with Gasteiger partial charge in [-0.15, -0.1) is 0 Å². The topological polar surface area (TPSA) is 94.2 Å². The Balaban J connectivity index is 1.49. The van der Waals surface area contributed by atoms with Crippen LogP contribution in [0, 0.1) is 20.8 Å². The minimum atomic E-state index is -3.96. The second-order valence-corrected chi connectivity index (χ2v) is 10.6. The van der Waals surface area contributed by atoms with E-state index in [-0.39, 0.29) is 24.6 Å². The van der Waals surface area contributed by atoms with Crippen LogP contribution in [0.4, 0.5) is 5.69 Å². The lowest BCUT2D eigenvalue weighted by molar-refractivity contribution is -0.127. The number of anilines is 1. The molecule has 0 bridgehead atoms. The molecule has 0 fully saturated rings. The molecule has 1 aliphatic heterocycles. The first kappa shape index (κ1) is 25.4. The summed E-state index contributed by atoms with van der Waals surface area (Å²) in [7, 11) is -2.44. The Bertz CT molecular complexity index is 1360. The Morgan fingerprint density at radius 3 is 2.44 bits per heavy atom. The third-order valence-electron chi connectivity index (χ3n) is 5.93. The minimum Gasteiger partial charge on any atom is -0.497 e. The van der Waals surface area contributed by atoms with Crippen molar-refractivity contribution in [3.05, 3.63) is 77.4 Å². The van der Waals surface area contributed by atoms with E-state index in [0.29, 0.717) is 17.2 Å². The van der Waals surface area contributed by atoms with Gasteiger partial charge in [0.1, 0.15) is 23.9 Å². The van der Waals surface area contributed by atoms with Crippen LogP contribution >= 0.6 is 0 Å². The number of carbonyl (C=O) groups is 1. The van der Waals surface area contributed by atoms with E-state index in [2.05, 4.69) is 5.32 Å². The number of sulfonamides is 1. The van der Waals surface area contributed by atoms with Gasteiger partial charge in [-0.1, -0.05) is 18.2 Å². The molecule has 4 rings (SSSR count). The molecule has 3 aromatic carbocycles. The Morgan fingerprint density at radius 2 is 1.72 bits per heavy atom. The van der Waals surface area contributed by atoms with Crippen LogP contribution in [0.15, 0.2) is 65.6 Å². The lowest BCUT2D eigenvalue weighted by atomic mass is 10.1. The lowest BCUT2D eigenvalue weighted by Gasteiger charge is -2.35. The maximum atomic E-state index is 13.6. The molecular weight excluding hydrogens is 480 g/mol. The molecule has 1 N–H and O–H groups in total. The maximum Gasteiger partial charge on any atom is 0.264 e. The molecule has 9 heteroatoms. The van der Waals surface area contributed by atoms with Gasteiger partial charge in [-0.3, -0.25) is 9.10 Å². The molecule has 190 valence electrons. The highest BCUT2D eigenvalue weighted by Gasteiger charge is 2.37. The average molecular weight is 511 g/mol. The summed E-state index contributed by atoms with van der Waals surface area (Å²) in [6, 6.07) is 17.3. The molecule has 0 radical (unpaired) electrons. The molecule has 0 unspecified atom stereocenters. The molecule has 0 saturated heterocycles. The predicted octanol–water partition coefficient (Wildman–Crippen LogP) is 3.77. The van der Waals surface area contributed by atoms with Crippen LogP contribution in [0.1, 0.15) is 16.7 Å². The van der Waals surface area contributed by atoms with Crippen LogP contribution < -0.4 is 23.8 Å². The van der Waals surface area contributed by atoms with Crippen LogP contribution in [0.25, 0.3) is 0 Å². The highest BCUT2D eigenvalue weighted by atomic mass is 32.2. The highest BCUT2D eigenvalue weighted by Crippen LogP contribution is 2.38. The molecule has 0 aromatic heterocycles. The fraction of sp³-hybridized carbons (Fsp3) is 0.296. The van der Waals surface area contributed by atoms with Gasteiger partial charge < -0.3 is 19.5 Å². The Kier molecular flexibility index (Phi) is 7.40. The number of methoxy groups -OCH3 is 1. The smallest absolute Gasteiger partial charge is 0.264 e. The normalized spacial score (nSPS) is 15.0. The minimum absolute atomic E-state index is 0.0952. The van der Waals surface area contributed by atoms with Crippen molar-refractivity contribution in [2.75, 3.05) is 31.1 Å². The van der Waals surface area contributed by atoms with Gasteiger partial charge in [0.25, 0.3) is 15.9 Å². The summed E-state index contributed by atoms with van der Waals surface area (Å²) in [5, 5.41) is 2.80. The molecule has 8 nitrogen and oxygen atoms in total. The first-order valence-electron chi connectivity index (χ1n) is 11.6. The Hall–Kier alpha value is -3.72. The van der Waals surface area contributed by atoms with Gasteiger partial charge >= 0.3 is 0 Å². The second-order valence-electron chi connectivity index (χ2n) is 8.70. The number of nitrogens with one attached hydrogen (secondary N) is 1. The van der Waals surface area contributed by atoms with E-state index in [1.165, 1.54) is 23.5 Å². The summed E-state index contributed by atoms with van der Waals surface area (Å²) in [6.45, 7) is 6.18. The Labute approximate surface area is 211 Å². The molecule has 0 spiro atoms. The van der Waals surface area contributed by atoms with E-state index in [9.17, 15) is 13.2 Å². The van der Waals surface area contributed by atoms with Gasteiger partial charge in [-0.2, -0.15) is 0 Å². The summed E-state index contributed by atoms with van der Waals surface area (Å²) in [6.07, 6.45) is -1.02. The van der Waals surface area contributed by atoms with Gasteiger partial charge in [-0.25, -0.2) is 8.42 Å². The van der Waals surface area contributed by atoms with Crippen molar-refractivity contribution < 1.29 is 27.4 Å². The summed E-state index contributed by atoms with van der Waals surface area (Å²) in [5.74, 6) is 1.23. The molecular formula is C27H30N2O6S. The molecule has 1 amide bonds. The largest absolute Gasteiger partial charge is 0.497 e. The number of rotatable bonds is 8. The SMILES string of the molecule is COc1ccc(S(=O)(=O)N2C[C@H](C(=O)NCCOc3cc(C)ccc3C)Oc3cc(C)ccc32)cc1. The number of hydrogen-bond donors (Lipinski definition) is 1. The fourth-order valence-electron chi connectivity index (χ4n) is 3.91. The van der Waals surface area contributed by atoms with Gasteiger partial charge in [-0.05, 0) is 79.9 Å². The molecule has 0 saturated carbocycles. The van der Waals surface area contributed by atoms with E-state index < -0.39 is 22.0 Å². The number of ether oxygens (including phenoxy) is 3. The summed E-state index contributed by atoms with van der Waals surface area (Å²) >= 11 is 0. The van der Waals surface area contributed by atoms with Gasteiger partial charge in [0, 0.05) is 0 Å². The monoisotopic (exact) mass is 510 g/mol. The van der Waals surface area contributed by atoms with Crippen LogP contribution in [0.3, 0.4) is 0 Å². The van der Waals surface area contributed by atoms with Gasteiger partial charge in [0.05, 0.1) is 30.8 Å². The van der Waals surface area contributed by atoms with E-state index in [1.54, 1.807) is 24.3 Å². The second kappa shape index (κ2) is 10.5. The van der Waals surface area contributed by atoms with Crippen LogP contribution in [0.5, 0.6) is 17.2 Å². The van der Waals surface area contributed by atoms with E-state index in [0.717, 1.165) is 22.4 Å². The number of carbonyl (C=O) groups excluding carboxylic acids is 1. The maximum absolute atomic E-state index is 13.6. The zero-order chi connectivity index (χ0) is 25.9. The van der Waals surface area contributed by atoms with Crippen LogP contribution in [0.2, 0.25) is 0 Å². The van der Waals surface area contributed by atoms with Gasteiger partial charge in [0.15, 0.2) is 6.10 Å². The number of fused-ring (bicyclic) bond motifs is 1. The number of nitrogens with zero attached hydrogens (tertiary/aromatic N) is 1. The summed E-state index contributed by atoms with van der Waals surface area (Å²) in [5.41, 5.74) is 3.37. The van der Waals surface area contributed by atoms with E-state index >= 15 is 0 Å². The predicted molar refractivity (Wildman–Crippen MR) is 138 cm³/mol. The highest BCUT2D eigenvalue weighted by molar-refractivity contribution is 7.92. The van der Waals surface area contributed by atoms with E-state index in [4.69, 9.17) is 14.2 Å². The van der Waals surface area contributed by atoms with Crippen molar-refractivity contribution in [1.29, 1.82) is 0 Å². The lowest BCUT2D eigenvalue weighted by Crippen LogP contribution is -2.51. The summed E-state index contributed by atoms with van der Waals surface area (Å²) in [4.78, 5) is 13.1. The van der Waals surface area contributed by atoms with Crippen molar-refractivity contribution in [3.63, 3.8) is 0 Å². The standard InChI is InChI=1S/C27H30N2O6S/c1-18-5-7-20(3)24(15-18)34-14-13-28-27(30)26-17-29(23-12-6-19(2)16-25(23)35-26)36(31,32)22-10-8-21(33-4)9-11-22/h5-12,15-16,26H,13-14,17H2,1-4H3,(H,28,30)/t26-/m1/s1. The zero-order valence-corrected chi connectivity index (χ0v) is 21.6. The molecule has 0 aliphatic carbocycles. The number of benzene rings is 3. The molecule has 1 aliphatic rings. The zero-order valence-electron chi connectivity index (χ0n) is 20.8. The Morgan fingerprint density at radius 1 is 1.03 bits per heavy atom. The quantitative estimate of drug-likeness (QED) is 0.464. The van der Waals surface area contributed by atoms with Crippen molar-refractivity contribution in [2.24, 2.45) is 0 Å². The fourth-order valence-corrected chi connectivity index (χ4v) is 5.39. The third-order valence-corrected chi connectivity index (χ3v) is 7.72. The van der Waals surface area contributed by atoms with Crippen molar-refractivity contribution >= 4 is 21.6 Å². The number of hydrogen-bond acceptors (Lipinski definition) is 6. The number of amides is 1. The molecule has 3 aromatic rings. The third kappa shape index (κ3) is 5.41. The van der Waals surface area contributed by atoms with Crippen molar-refractivity contribution in [1.82, 2.24) is 5.32 Å². The molecule has 1 atom stereocenters. The van der Waals surface area contributed by atoms with Gasteiger partial charge in [0.2, 0.25) is 0 Å².